The maximum Gasteiger partial charge on any atom is 0.151 e. The number of carbonyl (C=O) groups is 1. The molecule has 0 saturated carbocycles. The van der Waals surface area contributed by atoms with Gasteiger partial charge in [-0.05, 0) is 44.5 Å². The molecule has 2 saturated heterocycles. The molecule has 0 aromatic heterocycles. The lowest BCUT2D eigenvalue weighted by molar-refractivity contribution is 0.112. The summed E-state index contributed by atoms with van der Waals surface area (Å²) in [5, 5.41) is 0.551. The molecule has 2 fully saturated rings. The van der Waals surface area contributed by atoms with Crippen molar-refractivity contribution in [3.8, 4) is 0 Å². The molecule has 0 N–H and O–H groups in total. The number of halogens is 1. The second kappa shape index (κ2) is 5.14. The minimum Gasteiger partial charge on any atom is -0.370 e. The smallest absolute Gasteiger partial charge is 0.151 e. The Hall–Kier alpha value is -1.06. The highest BCUT2D eigenvalue weighted by Crippen LogP contribution is 2.31. The highest BCUT2D eigenvalue weighted by molar-refractivity contribution is 6.33. The van der Waals surface area contributed by atoms with E-state index < -0.39 is 0 Å². The normalized spacial score (nSPS) is 27.4. The Labute approximate surface area is 119 Å². The molecule has 2 aliphatic rings. The number of anilines is 1. The number of carbonyl (C=O) groups excluding carboxylic acids is 1. The summed E-state index contributed by atoms with van der Waals surface area (Å²) < 4.78 is 0. The van der Waals surface area contributed by atoms with Gasteiger partial charge in [0.2, 0.25) is 0 Å². The summed E-state index contributed by atoms with van der Waals surface area (Å²) in [6.45, 7) is 2.13. The standard InChI is InChI=1S/C15H19ClN2O/c1-17-12-4-5-14(17)9-18(7-6-12)13-3-2-11(10-19)15(16)8-13/h2-3,8,10,12,14H,4-7,9H2,1H3. The summed E-state index contributed by atoms with van der Waals surface area (Å²) in [6, 6.07) is 7.13. The van der Waals surface area contributed by atoms with Gasteiger partial charge in [0.25, 0.3) is 0 Å². The van der Waals surface area contributed by atoms with Crippen LogP contribution in [0.5, 0.6) is 0 Å². The minimum absolute atomic E-state index is 0.551. The van der Waals surface area contributed by atoms with Gasteiger partial charge in [-0.3, -0.25) is 9.69 Å². The molecule has 102 valence electrons. The van der Waals surface area contributed by atoms with Gasteiger partial charge in [-0.15, -0.1) is 0 Å². The third-order valence-corrected chi connectivity index (χ3v) is 4.95. The van der Waals surface area contributed by atoms with Crippen molar-refractivity contribution in [3.63, 3.8) is 0 Å². The van der Waals surface area contributed by atoms with Gasteiger partial charge in [-0.2, -0.15) is 0 Å². The minimum atomic E-state index is 0.551. The molecule has 2 unspecified atom stereocenters. The van der Waals surface area contributed by atoms with E-state index in [9.17, 15) is 4.79 Å². The van der Waals surface area contributed by atoms with E-state index in [4.69, 9.17) is 11.6 Å². The van der Waals surface area contributed by atoms with Crippen LogP contribution in [0.15, 0.2) is 18.2 Å². The molecule has 1 aromatic rings. The van der Waals surface area contributed by atoms with Crippen molar-refractivity contribution in [1.82, 2.24) is 4.90 Å². The zero-order valence-corrected chi connectivity index (χ0v) is 11.9. The first kappa shape index (κ1) is 12.9. The van der Waals surface area contributed by atoms with Crippen molar-refractivity contribution >= 4 is 23.6 Å². The zero-order valence-electron chi connectivity index (χ0n) is 11.2. The molecule has 2 aliphatic heterocycles. The van der Waals surface area contributed by atoms with E-state index in [-0.39, 0.29) is 0 Å². The summed E-state index contributed by atoms with van der Waals surface area (Å²) in [6.07, 6.45) is 4.64. The van der Waals surface area contributed by atoms with Crippen molar-refractivity contribution in [1.29, 1.82) is 0 Å². The van der Waals surface area contributed by atoms with Crippen LogP contribution in [0, 0.1) is 0 Å². The van der Waals surface area contributed by atoms with E-state index in [0.29, 0.717) is 16.6 Å². The molecule has 3 rings (SSSR count). The lowest BCUT2D eigenvalue weighted by atomic mass is 10.1. The van der Waals surface area contributed by atoms with Crippen LogP contribution in [0.3, 0.4) is 0 Å². The van der Waals surface area contributed by atoms with Gasteiger partial charge >= 0.3 is 0 Å². The Balaban J connectivity index is 1.82. The predicted octanol–water partition coefficient (Wildman–Crippen LogP) is 2.83. The Kier molecular flexibility index (Phi) is 3.50. The molecule has 2 heterocycles. The number of aldehydes is 1. The molecule has 2 bridgehead atoms. The average molecular weight is 279 g/mol. The molecular formula is C15H19ClN2O. The highest BCUT2D eigenvalue weighted by atomic mass is 35.5. The number of rotatable bonds is 2. The first-order valence-electron chi connectivity index (χ1n) is 6.90. The van der Waals surface area contributed by atoms with Crippen molar-refractivity contribution in [2.75, 3.05) is 25.0 Å². The van der Waals surface area contributed by atoms with Gasteiger partial charge in [0.05, 0.1) is 5.02 Å². The quantitative estimate of drug-likeness (QED) is 0.777. The van der Waals surface area contributed by atoms with E-state index in [2.05, 4.69) is 16.8 Å². The van der Waals surface area contributed by atoms with Crippen molar-refractivity contribution < 1.29 is 4.79 Å². The monoisotopic (exact) mass is 278 g/mol. The second-order valence-corrected chi connectivity index (χ2v) is 6.02. The second-order valence-electron chi connectivity index (χ2n) is 5.61. The topological polar surface area (TPSA) is 23.6 Å². The molecule has 2 atom stereocenters. The number of hydrogen-bond donors (Lipinski definition) is 0. The van der Waals surface area contributed by atoms with Gasteiger partial charge in [0.1, 0.15) is 0 Å². The van der Waals surface area contributed by atoms with Crippen LogP contribution in [-0.4, -0.2) is 43.4 Å². The van der Waals surface area contributed by atoms with E-state index in [0.717, 1.165) is 31.1 Å². The summed E-state index contributed by atoms with van der Waals surface area (Å²) >= 11 is 6.13. The fourth-order valence-electron chi connectivity index (χ4n) is 3.35. The first-order chi connectivity index (χ1) is 9.19. The molecule has 0 amide bonds. The Morgan fingerprint density at radius 2 is 2.05 bits per heavy atom. The summed E-state index contributed by atoms with van der Waals surface area (Å²) in [4.78, 5) is 15.7. The Morgan fingerprint density at radius 1 is 1.26 bits per heavy atom. The fourth-order valence-corrected chi connectivity index (χ4v) is 3.57. The van der Waals surface area contributed by atoms with Crippen molar-refractivity contribution in [2.45, 2.75) is 31.3 Å². The van der Waals surface area contributed by atoms with E-state index in [1.807, 2.05) is 18.2 Å². The van der Waals surface area contributed by atoms with Crippen molar-refractivity contribution in [2.24, 2.45) is 0 Å². The molecule has 0 aliphatic carbocycles. The van der Waals surface area contributed by atoms with Crippen LogP contribution in [-0.2, 0) is 0 Å². The van der Waals surface area contributed by atoms with Crippen LogP contribution < -0.4 is 4.90 Å². The van der Waals surface area contributed by atoms with E-state index >= 15 is 0 Å². The van der Waals surface area contributed by atoms with Gasteiger partial charge < -0.3 is 4.90 Å². The summed E-state index contributed by atoms with van der Waals surface area (Å²) in [5.74, 6) is 0. The molecule has 0 spiro atoms. The molecule has 4 heteroatoms. The Morgan fingerprint density at radius 3 is 2.79 bits per heavy atom. The molecule has 3 nitrogen and oxygen atoms in total. The average Bonchev–Trinajstić information content (AvgIpc) is 2.63. The van der Waals surface area contributed by atoms with E-state index in [1.165, 1.54) is 19.3 Å². The Bertz CT molecular complexity index is 491. The number of benzene rings is 1. The van der Waals surface area contributed by atoms with Crippen LogP contribution in [0.1, 0.15) is 29.6 Å². The summed E-state index contributed by atoms with van der Waals surface area (Å²) in [5.41, 5.74) is 1.70. The van der Waals surface area contributed by atoms with Crippen LogP contribution in [0.25, 0.3) is 0 Å². The van der Waals surface area contributed by atoms with Crippen LogP contribution in [0.4, 0.5) is 5.69 Å². The largest absolute Gasteiger partial charge is 0.370 e. The molecule has 19 heavy (non-hydrogen) atoms. The van der Waals surface area contributed by atoms with Gasteiger partial charge in [0.15, 0.2) is 6.29 Å². The number of likely N-dealkylation sites (N-methyl/N-ethyl adjacent to an activating group) is 1. The first-order valence-corrected chi connectivity index (χ1v) is 7.28. The number of hydrogen-bond acceptors (Lipinski definition) is 3. The molecule has 0 radical (unpaired) electrons. The molecule has 1 aromatic carbocycles. The number of fused-ring (bicyclic) bond motifs is 2. The lowest BCUT2D eigenvalue weighted by Gasteiger charge is -2.27. The van der Waals surface area contributed by atoms with E-state index in [1.54, 1.807) is 0 Å². The highest BCUT2D eigenvalue weighted by Gasteiger charge is 2.34. The SMILES string of the molecule is CN1C2CCC1CN(c1ccc(C=O)c(Cl)c1)CC2. The summed E-state index contributed by atoms with van der Waals surface area (Å²) in [7, 11) is 2.24. The predicted molar refractivity (Wildman–Crippen MR) is 78.2 cm³/mol. The third kappa shape index (κ3) is 2.37. The zero-order chi connectivity index (χ0) is 13.4. The van der Waals surface area contributed by atoms with Gasteiger partial charge in [-0.25, -0.2) is 0 Å². The lowest BCUT2D eigenvalue weighted by Crippen LogP contribution is -2.36. The maximum absolute atomic E-state index is 10.8. The maximum atomic E-state index is 10.8. The van der Waals surface area contributed by atoms with Crippen LogP contribution >= 0.6 is 11.6 Å². The van der Waals surface area contributed by atoms with Crippen molar-refractivity contribution in [3.05, 3.63) is 28.8 Å². The van der Waals surface area contributed by atoms with Gasteiger partial charge in [-0.1, -0.05) is 11.6 Å². The number of nitrogens with zero attached hydrogens (tertiary/aromatic N) is 2. The van der Waals surface area contributed by atoms with Crippen LogP contribution in [0.2, 0.25) is 5.02 Å². The van der Waals surface area contributed by atoms with Gasteiger partial charge in [0, 0.05) is 36.4 Å². The third-order valence-electron chi connectivity index (χ3n) is 4.62. The fraction of sp³-hybridized carbons (Fsp3) is 0.533. The molecular weight excluding hydrogens is 260 g/mol.